The molecule has 2 rings (SSSR count). The smallest absolute Gasteiger partial charge is 0.698 e. The number of nitrogens with one attached hydrogen (secondary N) is 2. The Labute approximate surface area is 135 Å². The molecule has 3 heteroatoms. The average molecular weight is 332 g/mol. The molecule has 0 heterocycles. The molecule has 0 aliphatic rings. The van der Waals surface area contributed by atoms with E-state index < -0.39 is 0 Å². The molecule has 19 heavy (non-hydrogen) atoms. The van der Waals surface area contributed by atoms with Crippen molar-refractivity contribution in [3.05, 3.63) is 70.1 Å². The van der Waals surface area contributed by atoms with Crippen LogP contribution in [-0.4, -0.2) is 0 Å². The number of benzene rings is 2. The van der Waals surface area contributed by atoms with Gasteiger partial charge in [0.2, 0.25) is 0 Å². The van der Waals surface area contributed by atoms with E-state index in [0.717, 1.165) is 22.3 Å². The first kappa shape index (κ1) is 17.9. The summed E-state index contributed by atoms with van der Waals surface area (Å²) in [6.45, 7) is 7.81. The van der Waals surface area contributed by atoms with Gasteiger partial charge in [-0.05, 0) is 27.7 Å². The maximum atomic E-state index is 7.44. The first-order valence-electron chi connectivity index (χ1n) is 5.99. The van der Waals surface area contributed by atoms with Crippen molar-refractivity contribution in [2.45, 2.75) is 27.7 Å². The predicted molar refractivity (Wildman–Crippen MR) is 79.8 cm³/mol. The van der Waals surface area contributed by atoms with Crippen molar-refractivity contribution in [2.24, 2.45) is 0 Å². The molecule has 2 aromatic rings. The van der Waals surface area contributed by atoms with Crippen LogP contribution < -0.4 is 0 Å². The van der Waals surface area contributed by atoms with Crippen LogP contribution in [0.2, 0.25) is 0 Å². The van der Waals surface area contributed by atoms with Crippen LogP contribution in [0.3, 0.4) is 0 Å². The normalized spacial score (nSPS) is 9.05. The predicted octanol–water partition coefficient (Wildman–Crippen LogP) is 5.97. The molecule has 2 aromatic carbocycles. The van der Waals surface area contributed by atoms with Crippen LogP contribution in [-0.2, 0) is 26.2 Å². The summed E-state index contributed by atoms with van der Waals surface area (Å²) in [5, 5.41) is 0. The summed E-state index contributed by atoms with van der Waals surface area (Å²) < 4.78 is 0. The van der Waals surface area contributed by atoms with Crippen LogP contribution in [0.15, 0.2) is 36.4 Å². The number of hydrogen-bond acceptors (Lipinski definition) is 0. The molecule has 2 nitrogen and oxygen atoms in total. The molecule has 0 aliphatic heterocycles. The second-order valence-electron chi connectivity index (χ2n) is 4.53. The Hall–Kier alpha value is -1.08. The van der Waals surface area contributed by atoms with Crippen molar-refractivity contribution in [1.29, 1.82) is 0 Å². The first-order valence-corrected chi connectivity index (χ1v) is 5.99. The molecule has 0 bridgehead atoms. The SMILES string of the molecule is Cc1cccc(C)c1[NH-].Cc1cccc(C)c1[NH-].[Zr+2]. The van der Waals surface area contributed by atoms with E-state index in [1.54, 1.807) is 0 Å². The van der Waals surface area contributed by atoms with E-state index in [0.29, 0.717) is 11.4 Å². The second kappa shape index (κ2) is 8.17. The molecule has 0 unspecified atom stereocenters. The molecule has 0 aromatic heterocycles. The van der Waals surface area contributed by atoms with Crippen molar-refractivity contribution in [2.75, 3.05) is 0 Å². The topological polar surface area (TPSA) is 47.6 Å². The van der Waals surface area contributed by atoms with E-state index in [4.69, 9.17) is 11.5 Å². The van der Waals surface area contributed by atoms with Crippen molar-refractivity contribution in [3.8, 4) is 0 Å². The van der Waals surface area contributed by atoms with Gasteiger partial charge in [0.1, 0.15) is 0 Å². The Balaban J connectivity index is 0.000000324. The van der Waals surface area contributed by atoms with Crippen LogP contribution in [0.1, 0.15) is 22.3 Å². The molecular formula is C16H20N2Zr. The van der Waals surface area contributed by atoms with Gasteiger partial charge in [-0.2, -0.15) is 0 Å². The van der Waals surface area contributed by atoms with Crippen molar-refractivity contribution < 1.29 is 26.2 Å². The molecule has 0 spiro atoms. The molecule has 0 saturated carbocycles. The van der Waals surface area contributed by atoms with Crippen LogP contribution >= 0.6 is 0 Å². The van der Waals surface area contributed by atoms with E-state index in [1.165, 1.54) is 0 Å². The summed E-state index contributed by atoms with van der Waals surface area (Å²) in [4.78, 5) is 0. The fourth-order valence-corrected chi connectivity index (χ4v) is 1.63. The van der Waals surface area contributed by atoms with Gasteiger partial charge in [-0.25, -0.2) is 0 Å². The van der Waals surface area contributed by atoms with Crippen molar-refractivity contribution in [3.63, 3.8) is 0 Å². The quantitative estimate of drug-likeness (QED) is 0.571. The minimum Gasteiger partial charge on any atom is -0.698 e. The number of hydrogen-bond donors (Lipinski definition) is 0. The Morgan fingerprint density at radius 2 is 0.789 bits per heavy atom. The standard InChI is InChI=1S/2C8H10N.Zr/c2*1-6-4-3-5-7(2)8(6)9;/h2*3-5,9H,1-2H3;/q2*-1;+2. The van der Waals surface area contributed by atoms with Gasteiger partial charge in [0.05, 0.1) is 0 Å². The molecule has 0 atom stereocenters. The maximum Gasteiger partial charge on any atom is 2.00 e. The van der Waals surface area contributed by atoms with E-state index in [-0.39, 0.29) is 26.2 Å². The van der Waals surface area contributed by atoms with Gasteiger partial charge < -0.3 is 11.5 Å². The molecule has 0 amide bonds. The molecule has 2 N–H and O–H groups in total. The zero-order chi connectivity index (χ0) is 13.7. The van der Waals surface area contributed by atoms with Gasteiger partial charge in [-0.15, -0.1) is 11.4 Å². The molecule has 0 radical (unpaired) electrons. The first-order chi connectivity index (χ1) is 8.43. The average Bonchev–Trinajstić information content (AvgIpc) is 2.34. The van der Waals surface area contributed by atoms with E-state index in [1.807, 2.05) is 64.1 Å². The monoisotopic (exact) mass is 330 g/mol. The Bertz CT molecular complexity index is 446. The van der Waals surface area contributed by atoms with E-state index >= 15 is 0 Å². The van der Waals surface area contributed by atoms with Crippen molar-refractivity contribution >= 4 is 11.4 Å². The minimum absolute atomic E-state index is 0. The van der Waals surface area contributed by atoms with Gasteiger partial charge in [0.15, 0.2) is 0 Å². The summed E-state index contributed by atoms with van der Waals surface area (Å²) in [5.74, 6) is 0. The Morgan fingerprint density at radius 3 is 0.947 bits per heavy atom. The largest absolute Gasteiger partial charge is 2.00 e. The fraction of sp³-hybridized carbons (Fsp3) is 0.250. The summed E-state index contributed by atoms with van der Waals surface area (Å²) in [6, 6.07) is 11.8. The molecule has 0 saturated heterocycles. The third-order valence-corrected chi connectivity index (χ3v) is 2.96. The zero-order valence-electron chi connectivity index (χ0n) is 12.0. The van der Waals surface area contributed by atoms with Crippen LogP contribution in [0.25, 0.3) is 11.5 Å². The van der Waals surface area contributed by atoms with E-state index in [2.05, 4.69) is 0 Å². The van der Waals surface area contributed by atoms with Gasteiger partial charge in [-0.3, -0.25) is 0 Å². The van der Waals surface area contributed by atoms with E-state index in [9.17, 15) is 0 Å². The van der Waals surface area contributed by atoms with Gasteiger partial charge in [-0.1, -0.05) is 58.7 Å². The van der Waals surface area contributed by atoms with Crippen molar-refractivity contribution in [1.82, 2.24) is 0 Å². The van der Waals surface area contributed by atoms with Crippen LogP contribution in [0.4, 0.5) is 11.4 Å². The summed E-state index contributed by atoms with van der Waals surface area (Å²) in [7, 11) is 0. The third-order valence-electron chi connectivity index (χ3n) is 2.96. The number of rotatable bonds is 0. The molecule has 0 fully saturated rings. The Morgan fingerprint density at radius 1 is 0.579 bits per heavy atom. The molecule has 0 aliphatic carbocycles. The number of aryl methyl sites for hydroxylation is 4. The minimum atomic E-state index is 0. The zero-order valence-corrected chi connectivity index (χ0v) is 14.4. The second-order valence-corrected chi connectivity index (χ2v) is 4.53. The van der Waals surface area contributed by atoms with Gasteiger partial charge in [0, 0.05) is 0 Å². The fourth-order valence-electron chi connectivity index (χ4n) is 1.63. The van der Waals surface area contributed by atoms with Gasteiger partial charge >= 0.3 is 26.2 Å². The molecular weight excluding hydrogens is 311 g/mol. The summed E-state index contributed by atoms with van der Waals surface area (Å²) in [6.07, 6.45) is 0. The summed E-state index contributed by atoms with van der Waals surface area (Å²) in [5.41, 5.74) is 20.4. The van der Waals surface area contributed by atoms with Crippen LogP contribution in [0, 0.1) is 27.7 Å². The third kappa shape index (κ3) is 5.20. The Kier molecular flexibility index (Phi) is 7.70. The van der Waals surface area contributed by atoms with Gasteiger partial charge in [0.25, 0.3) is 0 Å². The van der Waals surface area contributed by atoms with Crippen LogP contribution in [0.5, 0.6) is 0 Å². The summed E-state index contributed by atoms with van der Waals surface area (Å²) >= 11 is 0. The maximum absolute atomic E-state index is 7.44. The molecule has 98 valence electrons.